The minimum Gasteiger partial charge on any atom is -0.481 e. The molecule has 0 atom stereocenters. The zero-order valence-corrected chi connectivity index (χ0v) is 17.5. The highest BCUT2D eigenvalue weighted by molar-refractivity contribution is 5.62. The second-order valence-corrected chi connectivity index (χ2v) is 7.08. The molecule has 3 heteroatoms. The van der Waals surface area contributed by atoms with Crippen molar-refractivity contribution >= 4 is 5.97 Å². The molecule has 0 bridgehead atoms. The van der Waals surface area contributed by atoms with Crippen molar-refractivity contribution in [2.24, 2.45) is 0 Å². The normalized spacial score (nSPS) is 10.4. The summed E-state index contributed by atoms with van der Waals surface area (Å²) in [6.07, 6.45) is 22.2. The van der Waals surface area contributed by atoms with Crippen molar-refractivity contribution in [2.45, 2.75) is 124 Å². The molecule has 3 nitrogen and oxygen atoms in total. The molecule has 0 aliphatic rings. The summed E-state index contributed by atoms with van der Waals surface area (Å²) in [5.41, 5.74) is 0. The zero-order chi connectivity index (χ0) is 19.0. The van der Waals surface area contributed by atoms with Gasteiger partial charge < -0.3 is 9.84 Å². The second-order valence-electron chi connectivity index (χ2n) is 7.08. The van der Waals surface area contributed by atoms with Crippen molar-refractivity contribution in [3.05, 3.63) is 0 Å². The van der Waals surface area contributed by atoms with Crippen LogP contribution >= 0.6 is 0 Å². The van der Waals surface area contributed by atoms with E-state index in [1.54, 1.807) is 0 Å². The summed E-state index contributed by atoms with van der Waals surface area (Å²) in [4.78, 5) is 9.00. The monoisotopic (exact) mass is 358 g/mol. The van der Waals surface area contributed by atoms with Crippen molar-refractivity contribution in [2.75, 3.05) is 13.2 Å². The lowest BCUT2D eigenvalue weighted by Gasteiger charge is -2.05. The molecule has 0 aromatic carbocycles. The van der Waals surface area contributed by atoms with Crippen LogP contribution in [0.3, 0.4) is 0 Å². The highest BCUT2D eigenvalue weighted by Crippen LogP contribution is 2.10. The Morgan fingerprint density at radius 2 is 0.840 bits per heavy atom. The van der Waals surface area contributed by atoms with Gasteiger partial charge in [-0.3, -0.25) is 4.79 Å². The van der Waals surface area contributed by atoms with Gasteiger partial charge in [0.05, 0.1) is 0 Å². The van der Waals surface area contributed by atoms with Crippen LogP contribution in [-0.4, -0.2) is 24.3 Å². The summed E-state index contributed by atoms with van der Waals surface area (Å²) < 4.78 is 5.72. The summed E-state index contributed by atoms with van der Waals surface area (Å²) in [6, 6.07) is 0. The van der Waals surface area contributed by atoms with Crippen LogP contribution in [0.4, 0.5) is 0 Å². The Labute approximate surface area is 157 Å². The molecule has 0 heterocycles. The quantitative estimate of drug-likeness (QED) is 0.260. The fourth-order valence-electron chi connectivity index (χ4n) is 2.78. The van der Waals surface area contributed by atoms with Gasteiger partial charge in [-0.15, -0.1) is 0 Å². The third kappa shape index (κ3) is 35.4. The number of rotatable bonds is 18. The molecule has 0 saturated heterocycles. The van der Waals surface area contributed by atoms with E-state index < -0.39 is 5.97 Å². The van der Waals surface area contributed by atoms with Crippen molar-refractivity contribution in [1.29, 1.82) is 0 Å². The van der Waals surface area contributed by atoms with E-state index in [0.29, 0.717) is 0 Å². The second kappa shape index (κ2) is 25.7. The topological polar surface area (TPSA) is 46.5 Å². The molecular formula is C22H46O3. The minimum absolute atomic E-state index is 0.833. The summed E-state index contributed by atoms with van der Waals surface area (Å²) in [5, 5.41) is 7.42. The van der Waals surface area contributed by atoms with E-state index in [2.05, 4.69) is 13.8 Å². The maximum atomic E-state index is 9.00. The first-order valence-corrected chi connectivity index (χ1v) is 10.9. The first kappa shape index (κ1) is 26.7. The van der Waals surface area contributed by atoms with Gasteiger partial charge in [0.15, 0.2) is 0 Å². The van der Waals surface area contributed by atoms with Gasteiger partial charge >= 0.3 is 0 Å². The van der Waals surface area contributed by atoms with Crippen molar-refractivity contribution < 1.29 is 14.6 Å². The van der Waals surface area contributed by atoms with Gasteiger partial charge in [-0.1, -0.05) is 104 Å². The van der Waals surface area contributed by atoms with Gasteiger partial charge in [0.2, 0.25) is 0 Å². The van der Waals surface area contributed by atoms with Gasteiger partial charge in [0, 0.05) is 20.1 Å². The Bertz CT molecular complexity index is 219. The van der Waals surface area contributed by atoms with E-state index in [1.807, 2.05) is 0 Å². The number of carbonyl (C=O) groups is 1. The lowest BCUT2D eigenvalue weighted by Crippen LogP contribution is -1.97. The number of hydrogen-bond donors (Lipinski definition) is 1. The van der Waals surface area contributed by atoms with Crippen LogP contribution < -0.4 is 0 Å². The van der Waals surface area contributed by atoms with Gasteiger partial charge in [-0.2, -0.15) is 0 Å². The predicted molar refractivity (Wildman–Crippen MR) is 109 cm³/mol. The zero-order valence-electron chi connectivity index (χ0n) is 17.5. The summed E-state index contributed by atoms with van der Waals surface area (Å²) in [5.74, 6) is -0.833. The highest BCUT2D eigenvalue weighted by atomic mass is 16.5. The van der Waals surface area contributed by atoms with Gasteiger partial charge in [-0.25, -0.2) is 0 Å². The number of hydrogen-bond acceptors (Lipinski definition) is 2. The predicted octanol–water partition coefficient (Wildman–Crippen LogP) is 7.38. The van der Waals surface area contributed by atoms with Gasteiger partial charge in [0.25, 0.3) is 5.97 Å². The van der Waals surface area contributed by atoms with Crippen LogP contribution in [-0.2, 0) is 9.53 Å². The van der Waals surface area contributed by atoms with Crippen molar-refractivity contribution in [1.82, 2.24) is 0 Å². The molecule has 0 aliphatic heterocycles. The van der Waals surface area contributed by atoms with E-state index in [4.69, 9.17) is 14.6 Å². The average molecular weight is 359 g/mol. The van der Waals surface area contributed by atoms with Gasteiger partial charge in [-0.05, 0) is 12.8 Å². The molecule has 0 fully saturated rings. The van der Waals surface area contributed by atoms with Crippen molar-refractivity contribution in [3.8, 4) is 0 Å². The molecule has 0 amide bonds. The summed E-state index contributed by atoms with van der Waals surface area (Å²) in [7, 11) is 0. The molecule has 152 valence electrons. The molecule has 0 aromatic rings. The Balaban J connectivity index is 0. The fourth-order valence-corrected chi connectivity index (χ4v) is 2.78. The Kier molecular flexibility index (Phi) is 27.4. The van der Waals surface area contributed by atoms with Crippen LogP contribution in [0.25, 0.3) is 0 Å². The van der Waals surface area contributed by atoms with Crippen LogP contribution in [0.5, 0.6) is 0 Å². The number of ether oxygens (including phenoxy) is 1. The number of aliphatic carboxylic acids is 1. The first-order valence-electron chi connectivity index (χ1n) is 10.9. The molecule has 0 spiro atoms. The molecule has 0 rings (SSSR count). The SMILES string of the molecule is CC(=O)O.CCCCCCCCCCOCCCCCCCCCC. The summed E-state index contributed by atoms with van der Waals surface area (Å²) >= 11 is 0. The molecule has 1 N–H and O–H groups in total. The molecule has 0 saturated carbocycles. The standard InChI is InChI=1S/C20H42O.C2H4O2/c1-3-5-7-9-11-13-15-17-19-21-20-18-16-14-12-10-8-6-4-2;1-2(3)4/h3-20H2,1-2H3;1H3,(H,3,4). The molecule has 0 radical (unpaired) electrons. The fraction of sp³-hybridized carbons (Fsp3) is 0.955. The highest BCUT2D eigenvalue weighted by Gasteiger charge is 1.94. The third-order valence-electron chi connectivity index (χ3n) is 4.28. The molecule has 25 heavy (non-hydrogen) atoms. The molecule has 0 aromatic heterocycles. The van der Waals surface area contributed by atoms with E-state index in [9.17, 15) is 0 Å². The number of carboxylic acids is 1. The molecule has 0 aliphatic carbocycles. The maximum absolute atomic E-state index is 9.00. The molecule has 0 unspecified atom stereocenters. The van der Waals surface area contributed by atoms with E-state index in [1.165, 1.54) is 103 Å². The van der Waals surface area contributed by atoms with Crippen LogP contribution in [0.2, 0.25) is 0 Å². The smallest absolute Gasteiger partial charge is 0.300 e. The Morgan fingerprint density at radius 3 is 1.12 bits per heavy atom. The van der Waals surface area contributed by atoms with Crippen LogP contribution in [0.15, 0.2) is 0 Å². The number of unbranched alkanes of at least 4 members (excludes halogenated alkanes) is 14. The average Bonchev–Trinajstić information content (AvgIpc) is 2.57. The maximum Gasteiger partial charge on any atom is 0.300 e. The number of carboxylic acid groups (broad SMARTS) is 1. The van der Waals surface area contributed by atoms with E-state index in [0.717, 1.165) is 20.1 Å². The Morgan fingerprint density at radius 1 is 0.600 bits per heavy atom. The minimum atomic E-state index is -0.833. The van der Waals surface area contributed by atoms with Crippen LogP contribution in [0, 0.1) is 0 Å². The summed E-state index contributed by atoms with van der Waals surface area (Å²) in [6.45, 7) is 7.63. The van der Waals surface area contributed by atoms with Gasteiger partial charge in [0.1, 0.15) is 0 Å². The van der Waals surface area contributed by atoms with Crippen molar-refractivity contribution in [3.63, 3.8) is 0 Å². The van der Waals surface area contributed by atoms with E-state index in [-0.39, 0.29) is 0 Å². The lowest BCUT2D eigenvalue weighted by molar-refractivity contribution is -0.134. The molecular weight excluding hydrogens is 312 g/mol. The largest absolute Gasteiger partial charge is 0.481 e. The van der Waals surface area contributed by atoms with E-state index >= 15 is 0 Å². The lowest BCUT2D eigenvalue weighted by atomic mass is 10.1. The Hall–Kier alpha value is -0.570. The van der Waals surface area contributed by atoms with Crippen LogP contribution in [0.1, 0.15) is 124 Å². The first-order chi connectivity index (χ1) is 12.1. The third-order valence-corrected chi connectivity index (χ3v) is 4.28.